The Morgan fingerprint density at radius 2 is 1.61 bits per heavy atom. The Bertz CT molecular complexity index is 1250. The Labute approximate surface area is 171 Å². The summed E-state index contributed by atoms with van der Waals surface area (Å²) in [4.78, 5) is 2.47. The molecule has 0 unspecified atom stereocenters. The average molecular weight is 428 g/mol. The molecule has 0 aliphatic carbocycles. The second kappa shape index (κ2) is 7.50. The summed E-state index contributed by atoms with van der Waals surface area (Å²) in [6.07, 6.45) is 0. The first-order valence-electron chi connectivity index (χ1n) is 8.51. The van der Waals surface area contributed by atoms with Gasteiger partial charge in [0.05, 0.1) is 10.6 Å². The zero-order valence-electron chi connectivity index (χ0n) is 14.9. The minimum Gasteiger partial charge on any atom is -0.506 e. The lowest BCUT2D eigenvalue weighted by Gasteiger charge is -2.14. The SMILES string of the molecule is Cc1ccc(S(=O)(=O)Nc2cc(Sc3ccccc3)c(O)c3ccccc23)s1. The third-order valence-corrected chi connectivity index (χ3v) is 8.07. The predicted molar refractivity (Wildman–Crippen MR) is 116 cm³/mol. The van der Waals surface area contributed by atoms with E-state index in [4.69, 9.17) is 0 Å². The van der Waals surface area contributed by atoms with Crippen molar-refractivity contribution in [3.05, 3.63) is 77.7 Å². The van der Waals surface area contributed by atoms with Gasteiger partial charge in [0.1, 0.15) is 9.96 Å². The van der Waals surface area contributed by atoms with Crippen molar-refractivity contribution >= 4 is 49.6 Å². The van der Waals surface area contributed by atoms with Crippen molar-refractivity contribution in [2.24, 2.45) is 0 Å². The van der Waals surface area contributed by atoms with E-state index in [1.54, 1.807) is 30.3 Å². The minimum atomic E-state index is -3.71. The number of anilines is 1. The summed E-state index contributed by atoms with van der Waals surface area (Å²) in [5, 5.41) is 12.0. The number of hydrogen-bond acceptors (Lipinski definition) is 5. The molecule has 142 valence electrons. The lowest BCUT2D eigenvalue weighted by molar-refractivity contribution is 0.469. The second-order valence-corrected chi connectivity index (χ2v) is 10.5. The molecule has 0 aliphatic heterocycles. The van der Waals surface area contributed by atoms with E-state index in [-0.39, 0.29) is 9.96 Å². The smallest absolute Gasteiger partial charge is 0.271 e. The van der Waals surface area contributed by atoms with E-state index in [0.717, 1.165) is 9.77 Å². The Hall–Kier alpha value is -2.48. The number of sulfonamides is 1. The fourth-order valence-corrected chi connectivity index (χ4v) is 6.15. The zero-order chi connectivity index (χ0) is 19.7. The van der Waals surface area contributed by atoms with Gasteiger partial charge in [0.25, 0.3) is 10.0 Å². The maximum atomic E-state index is 12.8. The molecule has 0 saturated heterocycles. The molecule has 2 N–H and O–H groups in total. The third kappa shape index (κ3) is 3.73. The summed E-state index contributed by atoms with van der Waals surface area (Å²) in [7, 11) is -3.71. The molecule has 4 nitrogen and oxygen atoms in total. The molecular formula is C21H17NO3S3. The Morgan fingerprint density at radius 3 is 2.29 bits per heavy atom. The minimum absolute atomic E-state index is 0.138. The van der Waals surface area contributed by atoms with Crippen LogP contribution in [0.3, 0.4) is 0 Å². The number of aryl methyl sites for hydroxylation is 1. The van der Waals surface area contributed by atoms with Crippen LogP contribution in [0.4, 0.5) is 5.69 Å². The molecule has 0 saturated carbocycles. The number of fused-ring (bicyclic) bond motifs is 1. The molecule has 0 bridgehead atoms. The average Bonchev–Trinajstić information content (AvgIpc) is 3.14. The Morgan fingerprint density at radius 1 is 0.929 bits per heavy atom. The summed E-state index contributed by atoms with van der Waals surface area (Å²) in [6.45, 7) is 1.87. The highest BCUT2D eigenvalue weighted by Gasteiger charge is 2.20. The van der Waals surface area contributed by atoms with Gasteiger partial charge in [0.2, 0.25) is 0 Å². The fraction of sp³-hybridized carbons (Fsp3) is 0.0476. The monoisotopic (exact) mass is 427 g/mol. The highest BCUT2D eigenvalue weighted by atomic mass is 32.2. The molecule has 0 radical (unpaired) electrons. The number of phenolic OH excluding ortho intramolecular Hbond substituents is 1. The van der Waals surface area contributed by atoms with Gasteiger partial charge in [-0.15, -0.1) is 11.3 Å². The lowest BCUT2D eigenvalue weighted by atomic mass is 10.1. The number of aromatic hydroxyl groups is 1. The van der Waals surface area contributed by atoms with Crippen molar-refractivity contribution in [3.63, 3.8) is 0 Å². The largest absolute Gasteiger partial charge is 0.506 e. The summed E-state index contributed by atoms with van der Waals surface area (Å²) >= 11 is 2.61. The van der Waals surface area contributed by atoms with Crippen molar-refractivity contribution in [1.82, 2.24) is 0 Å². The summed E-state index contributed by atoms with van der Waals surface area (Å²) in [5.74, 6) is 0.138. The van der Waals surface area contributed by atoms with Gasteiger partial charge in [-0.3, -0.25) is 4.72 Å². The van der Waals surface area contributed by atoms with Crippen LogP contribution in [-0.4, -0.2) is 13.5 Å². The molecule has 1 heterocycles. The number of thiophene rings is 1. The Kier molecular flexibility index (Phi) is 5.05. The number of nitrogens with one attached hydrogen (secondary N) is 1. The number of rotatable bonds is 5. The molecular weight excluding hydrogens is 410 g/mol. The van der Waals surface area contributed by atoms with Crippen LogP contribution in [0.1, 0.15) is 4.88 Å². The number of hydrogen-bond donors (Lipinski definition) is 2. The van der Waals surface area contributed by atoms with Gasteiger partial charge in [-0.1, -0.05) is 54.2 Å². The fourth-order valence-electron chi connectivity index (χ4n) is 2.86. The predicted octanol–water partition coefficient (Wildman–Crippen LogP) is 5.87. The standard InChI is InChI=1S/C21H17NO3S3/c1-14-11-12-20(26-14)28(24,25)22-18-13-19(27-15-7-3-2-4-8-15)21(23)17-10-6-5-9-16(17)18/h2-13,22-23H,1H3. The number of benzene rings is 3. The topological polar surface area (TPSA) is 66.4 Å². The van der Waals surface area contributed by atoms with E-state index in [1.165, 1.54) is 23.1 Å². The van der Waals surface area contributed by atoms with Crippen molar-refractivity contribution < 1.29 is 13.5 Å². The molecule has 4 rings (SSSR count). The molecule has 0 spiro atoms. The van der Waals surface area contributed by atoms with Crippen molar-refractivity contribution in [2.75, 3.05) is 4.72 Å². The van der Waals surface area contributed by atoms with Gasteiger partial charge in [-0.2, -0.15) is 0 Å². The van der Waals surface area contributed by atoms with Gasteiger partial charge in [-0.05, 0) is 37.3 Å². The van der Waals surface area contributed by atoms with E-state index in [2.05, 4.69) is 4.72 Å². The molecule has 0 amide bonds. The van der Waals surface area contributed by atoms with E-state index in [9.17, 15) is 13.5 Å². The zero-order valence-corrected chi connectivity index (χ0v) is 17.4. The first-order chi connectivity index (χ1) is 13.4. The molecule has 7 heteroatoms. The van der Waals surface area contributed by atoms with Gasteiger partial charge in [0.15, 0.2) is 0 Å². The second-order valence-electron chi connectivity index (χ2n) is 6.20. The van der Waals surface area contributed by atoms with Crippen LogP contribution in [0.2, 0.25) is 0 Å². The highest BCUT2D eigenvalue weighted by Crippen LogP contribution is 2.43. The van der Waals surface area contributed by atoms with Crippen molar-refractivity contribution in [2.45, 2.75) is 20.9 Å². The van der Waals surface area contributed by atoms with Crippen molar-refractivity contribution in [1.29, 1.82) is 0 Å². The molecule has 0 fully saturated rings. The summed E-state index contributed by atoms with van der Waals surface area (Å²) < 4.78 is 28.7. The van der Waals surface area contributed by atoms with Gasteiger partial charge in [-0.25, -0.2) is 8.42 Å². The van der Waals surface area contributed by atoms with Crippen LogP contribution < -0.4 is 4.72 Å². The van der Waals surface area contributed by atoms with Gasteiger partial charge < -0.3 is 5.11 Å². The van der Waals surface area contributed by atoms with E-state index >= 15 is 0 Å². The normalized spacial score (nSPS) is 11.6. The van der Waals surface area contributed by atoms with E-state index in [0.29, 0.717) is 21.4 Å². The van der Waals surface area contributed by atoms with E-state index in [1.807, 2.05) is 49.4 Å². The molecule has 28 heavy (non-hydrogen) atoms. The molecule has 4 aromatic rings. The van der Waals surface area contributed by atoms with Crippen LogP contribution in [0.25, 0.3) is 10.8 Å². The van der Waals surface area contributed by atoms with Crippen LogP contribution in [0.5, 0.6) is 5.75 Å². The highest BCUT2D eigenvalue weighted by molar-refractivity contribution is 7.99. The molecule has 0 atom stereocenters. The molecule has 3 aromatic carbocycles. The van der Waals surface area contributed by atoms with Crippen LogP contribution in [-0.2, 0) is 10.0 Å². The Balaban J connectivity index is 1.82. The van der Waals surface area contributed by atoms with Crippen LogP contribution in [0.15, 0.2) is 86.8 Å². The number of phenols is 1. The van der Waals surface area contributed by atoms with Crippen LogP contribution in [0, 0.1) is 6.92 Å². The summed E-state index contributed by atoms with van der Waals surface area (Å²) in [6, 6.07) is 21.9. The maximum absolute atomic E-state index is 12.8. The molecule has 0 aliphatic rings. The quantitative estimate of drug-likeness (QED) is 0.391. The first-order valence-corrected chi connectivity index (χ1v) is 11.6. The maximum Gasteiger partial charge on any atom is 0.271 e. The van der Waals surface area contributed by atoms with Crippen LogP contribution >= 0.6 is 23.1 Å². The van der Waals surface area contributed by atoms with Gasteiger partial charge >= 0.3 is 0 Å². The summed E-state index contributed by atoms with van der Waals surface area (Å²) in [5.41, 5.74) is 0.442. The third-order valence-electron chi connectivity index (χ3n) is 4.18. The van der Waals surface area contributed by atoms with Crippen molar-refractivity contribution in [3.8, 4) is 5.75 Å². The van der Waals surface area contributed by atoms with Gasteiger partial charge in [0, 0.05) is 20.5 Å². The lowest BCUT2D eigenvalue weighted by Crippen LogP contribution is -2.11. The van der Waals surface area contributed by atoms with E-state index < -0.39 is 10.0 Å². The molecule has 1 aromatic heterocycles. The first kappa shape index (κ1) is 18.9.